The number of aromatic nitrogens is 2. The van der Waals surface area contributed by atoms with Crippen molar-refractivity contribution < 1.29 is 9.53 Å². The molecule has 1 amide bonds. The summed E-state index contributed by atoms with van der Waals surface area (Å²) in [6.45, 7) is 1.54. The third kappa shape index (κ3) is 5.27. The number of carbonyl (C=O) groups is 1. The SMILES string of the molecule is Cl.NC[C@H]1CC[C@@H](C(=O)NCc2cn(Cc3ccccc3)nc2-c2ccccc2)O1. The van der Waals surface area contributed by atoms with Gasteiger partial charge in [0.2, 0.25) is 5.91 Å². The first-order valence-corrected chi connectivity index (χ1v) is 10.0. The van der Waals surface area contributed by atoms with E-state index < -0.39 is 6.10 Å². The zero-order valence-corrected chi connectivity index (χ0v) is 17.6. The Kier molecular flexibility index (Phi) is 7.63. The number of nitrogens with one attached hydrogen (secondary N) is 1. The van der Waals surface area contributed by atoms with E-state index in [-0.39, 0.29) is 24.4 Å². The molecule has 158 valence electrons. The van der Waals surface area contributed by atoms with Crippen LogP contribution in [0.3, 0.4) is 0 Å². The molecule has 2 atom stereocenters. The Bertz CT molecular complexity index is 946. The first-order chi connectivity index (χ1) is 14.2. The standard InChI is InChI=1S/C23H26N4O2.ClH/c24-13-20-11-12-21(29-20)23(28)25-14-19-16-27(15-17-7-3-1-4-8-17)26-22(19)18-9-5-2-6-10-18;/h1-10,16,20-21H,11-15,24H2,(H,25,28);1H/t20-,21+;/m1./s1. The lowest BCUT2D eigenvalue weighted by Gasteiger charge is -2.12. The smallest absolute Gasteiger partial charge is 0.249 e. The molecule has 1 aliphatic rings. The Morgan fingerprint density at radius 2 is 1.80 bits per heavy atom. The first kappa shape index (κ1) is 22.0. The number of ether oxygens (including phenoxy) is 1. The van der Waals surface area contributed by atoms with Gasteiger partial charge in [-0.25, -0.2) is 0 Å². The van der Waals surface area contributed by atoms with Gasteiger partial charge < -0.3 is 15.8 Å². The van der Waals surface area contributed by atoms with Crippen LogP contribution >= 0.6 is 12.4 Å². The first-order valence-electron chi connectivity index (χ1n) is 10.0. The van der Waals surface area contributed by atoms with Gasteiger partial charge in [0.05, 0.1) is 18.3 Å². The fourth-order valence-corrected chi connectivity index (χ4v) is 3.65. The van der Waals surface area contributed by atoms with E-state index >= 15 is 0 Å². The van der Waals surface area contributed by atoms with Gasteiger partial charge in [-0.15, -0.1) is 12.4 Å². The highest BCUT2D eigenvalue weighted by Crippen LogP contribution is 2.23. The van der Waals surface area contributed by atoms with Crippen LogP contribution in [0.25, 0.3) is 11.3 Å². The Hall–Kier alpha value is -2.67. The zero-order valence-electron chi connectivity index (χ0n) is 16.7. The summed E-state index contributed by atoms with van der Waals surface area (Å²) in [6, 6.07) is 20.2. The molecule has 30 heavy (non-hydrogen) atoms. The van der Waals surface area contributed by atoms with E-state index in [1.807, 2.05) is 59.4 Å². The molecule has 2 aromatic carbocycles. The van der Waals surface area contributed by atoms with Crippen molar-refractivity contribution in [3.05, 3.63) is 78.0 Å². The predicted octanol–water partition coefficient (Wildman–Crippen LogP) is 3.14. The highest BCUT2D eigenvalue weighted by atomic mass is 35.5. The molecule has 1 fully saturated rings. The molecule has 3 N–H and O–H groups in total. The molecule has 1 aromatic heterocycles. The molecule has 3 aromatic rings. The molecular weight excluding hydrogens is 400 g/mol. The molecule has 0 saturated carbocycles. The summed E-state index contributed by atoms with van der Waals surface area (Å²) in [5.74, 6) is -0.0872. The van der Waals surface area contributed by atoms with Crippen LogP contribution in [0.5, 0.6) is 0 Å². The average molecular weight is 427 g/mol. The molecule has 1 saturated heterocycles. The average Bonchev–Trinajstić information content (AvgIpc) is 3.40. The fraction of sp³-hybridized carbons (Fsp3) is 0.304. The van der Waals surface area contributed by atoms with Crippen molar-refractivity contribution in [3.63, 3.8) is 0 Å². The monoisotopic (exact) mass is 426 g/mol. The Morgan fingerprint density at radius 1 is 1.10 bits per heavy atom. The largest absolute Gasteiger partial charge is 0.364 e. The molecule has 4 rings (SSSR count). The molecule has 6 nitrogen and oxygen atoms in total. The molecular formula is C23H27ClN4O2. The second-order valence-corrected chi connectivity index (χ2v) is 7.33. The van der Waals surface area contributed by atoms with E-state index in [0.717, 1.165) is 23.2 Å². The third-order valence-corrected chi connectivity index (χ3v) is 5.19. The summed E-state index contributed by atoms with van der Waals surface area (Å²) in [5.41, 5.74) is 9.72. The van der Waals surface area contributed by atoms with Crippen LogP contribution in [-0.4, -0.2) is 34.4 Å². The quantitative estimate of drug-likeness (QED) is 0.608. The fourth-order valence-electron chi connectivity index (χ4n) is 3.65. The summed E-state index contributed by atoms with van der Waals surface area (Å²) >= 11 is 0. The van der Waals surface area contributed by atoms with Crippen molar-refractivity contribution in [3.8, 4) is 11.3 Å². The maximum absolute atomic E-state index is 12.5. The van der Waals surface area contributed by atoms with Crippen LogP contribution in [-0.2, 0) is 22.6 Å². The predicted molar refractivity (Wildman–Crippen MR) is 119 cm³/mol. The van der Waals surface area contributed by atoms with Gasteiger partial charge in [-0.3, -0.25) is 9.48 Å². The van der Waals surface area contributed by atoms with Crippen molar-refractivity contribution in [2.24, 2.45) is 5.73 Å². The molecule has 0 aliphatic carbocycles. The molecule has 0 radical (unpaired) electrons. The lowest BCUT2D eigenvalue weighted by atomic mass is 10.1. The van der Waals surface area contributed by atoms with Crippen LogP contribution < -0.4 is 11.1 Å². The van der Waals surface area contributed by atoms with Crippen molar-refractivity contribution in [1.29, 1.82) is 0 Å². The Morgan fingerprint density at radius 3 is 2.47 bits per heavy atom. The van der Waals surface area contributed by atoms with Gasteiger partial charge in [0.1, 0.15) is 6.10 Å². The maximum Gasteiger partial charge on any atom is 0.249 e. The highest BCUT2D eigenvalue weighted by molar-refractivity contribution is 5.85. The van der Waals surface area contributed by atoms with Gasteiger partial charge in [0.15, 0.2) is 0 Å². The van der Waals surface area contributed by atoms with Crippen LogP contribution in [0.4, 0.5) is 0 Å². The van der Waals surface area contributed by atoms with Gasteiger partial charge >= 0.3 is 0 Å². The lowest BCUT2D eigenvalue weighted by Crippen LogP contribution is -2.35. The van der Waals surface area contributed by atoms with E-state index in [4.69, 9.17) is 15.6 Å². The summed E-state index contributed by atoms with van der Waals surface area (Å²) in [5, 5.41) is 7.81. The summed E-state index contributed by atoms with van der Waals surface area (Å²) in [6.07, 6.45) is 3.13. The van der Waals surface area contributed by atoms with Crippen molar-refractivity contribution in [2.45, 2.75) is 38.1 Å². The van der Waals surface area contributed by atoms with Crippen molar-refractivity contribution >= 4 is 18.3 Å². The number of amides is 1. The normalized spacial score (nSPS) is 18.0. The molecule has 7 heteroatoms. The third-order valence-electron chi connectivity index (χ3n) is 5.19. The van der Waals surface area contributed by atoms with Gasteiger partial charge in [0, 0.05) is 30.4 Å². The van der Waals surface area contributed by atoms with E-state index in [1.165, 1.54) is 5.56 Å². The van der Waals surface area contributed by atoms with Crippen molar-refractivity contribution in [1.82, 2.24) is 15.1 Å². The minimum Gasteiger partial charge on any atom is -0.364 e. The molecule has 0 bridgehead atoms. The topological polar surface area (TPSA) is 82.2 Å². The van der Waals surface area contributed by atoms with E-state index in [9.17, 15) is 4.79 Å². The van der Waals surface area contributed by atoms with E-state index in [1.54, 1.807) is 0 Å². The van der Waals surface area contributed by atoms with Crippen LogP contribution in [0.2, 0.25) is 0 Å². The number of halogens is 1. The Labute approximate surface area is 182 Å². The molecule has 0 spiro atoms. The van der Waals surface area contributed by atoms with E-state index in [2.05, 4.69) is 17.4 Å². The summed E-state index contributed by atoms with van der Waals surface area (Å²) in [7, 11) is 0. The van der Waals surface area contributed by atoms with Gasteiger partial charge in [0.25, 0.3) is 0 Å². The minimum atomic E-state index is -0.414. The number of hydrogen-bond acceptors (Lipinski definition) is 4. The summed E-state index contributed by atoms with van der Waals surface area (Å²) in [4.78, 5) is 12.5. The van der Waals surface area contributed by atoms with Gasteiger partial charge in [-0.2, -0.15) is 5.10 Å². The minimum absolute atomic E-state index is 0. The maximum atomic E-state index is 12.5. The van der Waals surface area contributed by atoms with Crippen LogP contribution in [0.1, 0.15) is 24.0 Å². The lowest BCUT2D eigenvalue weighted by molar-refractivity contribution is -0.132. The summed E-state index contributed by atoms with van der Waals surface area (Å²) < 4.78 is 7.63. The molecule has 2 heterocycles. The van der Waals surface area contributed by atoms with Crippen LogP contribution in [0, 0.1) is 0 Å². The zero-order chi connectivity index (χ0) is 20.1. The number of nitrogens with zero attached hydrogens (tertiary/aromatic N) is 2. The number of carbonyl (C=O) groups excluding carboxylic acids is 1. The van der Waals surface area contributed by atoms with E-state index in [0.29, 0.717) is 26.1 Å². The Balaban J connectivity index is 0.00000256. The number of rotatable bonds is 7. The van der Waals surface area contributed by atoms with Gasteiger partial charge in [-0.05, 0) is 18.4 Å². The second-order valence-electron chi connectivity index (χ2n) is 7.33. The van der Waals surface area contributed by atoms with Crippen LogP contribution in [0.15, 0.2) is 66.9 Å². The van der Waals surface area contributed by atoms with Gasteiger partial charge in [-0.1, -0.05) is 60.7 Å². The molecule has 1 aliphatic heterocycles. The highest BCUT2D eigenvalue weighted by Gasteiger charge is 2.29. The second kappa shape index (κ2) is 10.4. The number of benzene rings is 2. The molecule has 0 unspecified atom stereocenters. The number of hydrogen-bond donors (Lipinski definition) is 2. The number of nitrogens with two attached hydrogens (primary N) is 1. The van der Waals surface area contributed by atoms with Crippen molar-refractivity contribution in [2.75, 3.05) is 6.54 Å².